The molecule has 5 N–H and O–H groups in total. The number of phenolic OH excluding ortho intramolecular Hbond substituents is 1. The number of benzene rings is 2. The minimum Gasteiger partial charge on any atom is -0.507 e. The van der Waals surface area contributed by atoms with Gasteiger partial charge in [-0.15, -0.1) is 0 Å². The molecular formula is C31H35N3O7. The lowest BCUT2D eigenvalue weighted by molar-refractivity contribution is -0.181. The highest BCUT2D eigenvalue weighted by molar-refractivity contribution is 6.32. The zero-order valence-corrected chi connectivity index (χ0v) is 23.5. The van der Waals surface area contributed by atoms with Crippen LogP contribution in [0.15, 0.2) is 36.4 Å². The number of aromatic hydroxyl groups is 1. The number of nitrogens with one attached hydrogen (secondary N) is 1. The molecule has 0 heterocycles. The van der Waals surface area contributed by atoms with E-state index in [0.717, 1.165) is 16.7 Å². The minimum absolute atomic E-state index is 0.0127. The molecule has 1 amide bonds. The molecule has 2 fully saturated rings. The molecule has 216 valence electrons. The summed E-state index contributed by atoms with van der Waals surface area (Å²) in [6, 6.07) is 10.2. The van der Waals surface area contributed by atoms with E-state index < -0.39 is 64.4 Å². The van der Waals surface area contributed by atoms with Gasteiger partial charge in [0.1, 0.15) is 5.75 Å². The van der Waals surface area contributed by atoms with Crippen LogP contribution in [0.5, 0.6) is 5.75 Å². The molecule has 41 heavy (non-hydrogen) atoms. The molecule has 2 saturated carbocycles. The molecule has 3 aliphatic carbocycles. The molecular weight excluding hydrogens is 526 g/mol. The Balaban J connectivity index is 1.57. The summed E-state index contributed by atoms with van der Waals surface area (Å²) in [4.78, 5) is 68.1. The van der Waals surface area contributed by atoms with Gasteiger partial charge in [-0.05, 0) is 61.2 Å². The summed E-state index contributed by atoms with van der Waals surface area (Å²) in [6.07, 6.45) is 0.227. The van der Waals surface area contributed by atoms with Crippen molar-refractivity contribution in [3.8, 4) is 16.9 Å². The number of likely N-dealkylation sites (N-methyl/N-ethyl adjacent to an activating group) is 1. The molecule has 0 bridgehead atoms. The standard InChI is InChI=1S/C31H35N3O7/c1-14(2)33-13-15-5-7-16(8-6-15)18-9-10-21(35)23-19(18)11-17-12-20-25(34(3)4)27(37)24(30(32)40)29(39)31(20,41)28(38)22(17)26(23)36/h5-10,14,17,20,22,24-25,33,35,41H,11-13H2,1-4H3,(H2,32,40). The maximum Gasteiger partial charge on any atom is 0.235 e. The number of carbonyl (C=O) groups is 5. The van der Waals surface area contributed by atoms with Crippen LogP contribution in [-0.2, 0) is 32.1 Å². The number of carbonyl (C=O) groups excluding carboxylic acids is 5. The summed E-state index contributed by atoms with van der Waals surface area (Å²) in [5, 5.41) is 25.8. The number of nitrogens with zero attached hydrogens (tertiary/aromatic N) is 1. The van der Waals surface area contributed by atoms with Crippen molar-refractivity contribution in [3.05, 3.63) is 53.1 Å². The fourth-order valence-electron chi connectivity index (χ4n) is 7.00. The Morgan fingerprint density at radius 3 is 2.32 bits per heavy atom. The van der Waals surface area contributed by atoms with E-state index in [0.29, 0.717) is 18.2 Å². The van der Waals surface area contributed by atoms with Crippen molar-refractivity contribution in [1.29, 1.82) is 0 Å². The predicted octanol–water partition coefficient (Wildman–Crippen LogP) is 1.03. The number of aliphatic hydroxyl groups is 1. The van der Waals surface area contributed by atoms with E-state index >= 15 is 0 Å². The van der Waals surface area contributed by atoms with Gasteiger partial charge in [0, 0.05) is 18.5 Å². The fourth-order valence-corrected chi connectivity index (χ4v) is 7.00. The van der Waals surface area contributed by atoms with E-state index in [2.05, 4.69) is 19.2 Å². The molecule has 2 aromatic carbocycles. The summed E-state index contributed by atoms with van der Waals surface area (Å²) in [7, 11) is 3.12. The van der Waals surface area contributed by atoms with Crippen molar-refractivity contribution in [2.45, 2.75) is 50.9 Å². The third-order valence-corrected chi connectivity index (χ3v) is 8.92. The summed E-state index contributed by atoms with van der Waals surface area (Å²) >= 11 is 0. The monoisotopic (exact) mass is 561 g/mol. The van der Waals surface area contributed by atoms with Gasteiger partial charge in [0.15, 0.2) is 34.7 Å². The van der Waals surface area contributed by atoms with Crippen molar-refractivity contribution in [2.75, 3.05) is 14.1 Å². The first-order chi connectivity index (χ1) is 19.3. The number of rotatable bonds is 6. The molecule has 0 spiro atoms. The van der Waals surface area contributed by atoms with Gasteiger partial charge in [-0.25, -0.2) is 0 Å². The van der Waals surface area contributed by atoms with Crippen LogP contribution in [0.4, 0.5) is 0 Å². The lowest BCUT2D eigenvalue weighted by Crippen LogP contribution is -2.74. The van der Waals surface area contributed by atoms with Gasteiger partial charge in [-0.1, -0.05) is 44.2 Å². The number of primary amides is 1. The normalized spacial score (nSPS) is 29.4. The highest BCUT2D eigenvalue weighted by atomic mass is 16.3. The van der Waals surface area contributed by atoms with E-state index in [9.17, 15) is 34.2 Å². The number of Topliss-reactive ketones (excluding diaryl/α,β-unsaturated/α-hetero) is 4. The van der Waals surface area contributed by atoms with Gasteiger partial charge in [0.05, 0.1) is 17.5 Å². The molecule has 0 aliphatic heterocycles. The Morgan fingerprint density at radius 1 is 1.07 bits per heavy atom. The number of phenols is 1. The second-order valence-electron chi connectivity index (χ2n) is 12.0. The smallest absolute Gasteiger partial charge is 0.235 e. The molecule has 0 radical (unpaired) electrons. The summed E-state index contributed by atoms with van der Waals surface area (Å²) in [6.45, 7) is 4.82. The van der Waals surface area contributed by atoms with Crippen LogP contribution in [0.1, 0.15) is 41.8 Å². The van der Waals surface area contributed by atoms with E-state index in [-0.39, 0.29) is 24.2 Å². The SMILES string of the molecule is CC(C)NCc1ccc(-c2ccc(O)c3c2CC2CC4C(N(C)C)C(=O)C(C(N)=O)C(=O)C4(O)C(=O)C2C3=O)cc1. The summed E-state index contributed by atoms with van der Waals surface area (Å²) in [5.74, 6) is -10.5. The van der Waals surface area contributed by atoms with Crippen molar-refractivity contribution < 1.29 is 34.2 Å². The third kappa shape index (κ3) is 4.41. The summed E-state index contributed by atoms with van der Waals surface area (Å²) in [5.41, 5.74) is 5.84. The maximum absolute atomic E-state index is 13.9. The molecule has 2 aromatic rings. The Kier molecular flexibility index (Phi) is 7.21. The van der Waals surface area contributed by atoms with Crippen LogP contribution in [0.25, 0.3) is 11.1 Å². The molecule has 0 saturated heterocycles. The Bertz CT molecular complexity index is 1460. The van der Waals surface area contributed by atoms with E-state index in [1.54, 1.807) is 20.2 Å². The zero-order valence-electron chi connectivity index (χ0n) is 23.5. The number of hydrogen-bond acceptors (Lipinski definition) is 9. The van der Waals surface area contributed by atoms with Gasteiger partial charge in [-0.2, -0.15) is 0 Å². The molecule has 5 rings (SSSR count). The first-order valence-electron chi connectivity index (χ1n) is 13.8. The Morgan fingerprint density at radius 2 is 1.73 bits per heavy atom. The molecule has 3 aliphatic rings. The van der Waals surface area contributed by atoms with Gasteiger partial charge in [0.2, 0.25) is 5.91 Å². The number of amides is 1. The Hall–Kier alpha value is -3.73. The van der Waals surface area contributed by atoms with Crippen LogP contribution < -0.4 is 11.1 Å². The van der Waals surface area contributed by atoms with Crippen molar-refractivity contribution in [1.82, 2.24) is 10.2 Å². The lowest BCUT2D eigenvalue weighted by atomic mass is 9.52. The van der Waals surface area contributed by atoms with Crippen LogP contribution >= 0.6 is 0 Å². The highest BCUT2D eigenvalue weighted by Gasteiger charge is 2.69. The first-order valence-corrected chi connectivity index (χ1v) is 13.8. The highest BCUT2D eigenvalue weighted by Crippen LogP contribution is 2.51. The van der Waals surface area contributed by atoms with Gasteiger partial charge >= 0.3 is 0 Å². The molecule has 6 unspecified atom stereocenters. The number of nitrogens with two attached hydrogens (primary N) is 1. The Labute approximate surface area is 237 Å². The molecule has 10 nitrogen and oxygen atoms in total. The van der Waals surface area contributed by atoms with Gasteiger partial charge in [-0.3, -0.25) is 28.9 Å². The van der Waals surface area contributed by atoms with Crippen molar-refractivity contribution in [3.63, 3.8) is 0 Å². The first kappa shape index (κ1) is 28.8. The number of hydrogen-bond donors (Lipinski definition) is 4. The largest absolute Gasteiger partial charge is 0.507 e. The number of fused-ring (bicyclic) bond motifs is 3. The third-order valence-electron chi connectivity index (χ3n) is 8.92. The fraction of sp³-hybridized carbons (Fsp3) is 0.452. The molecule has 0 aromatic heterocycles. The van der Waals surface area contributed by atoms with Crippen molar-refractivity contribution in [2.24, 2.45) is 29.4 Å². The van der Waals surface area contributed by atoms with Gasteiger partial charge in [0.25, 0.3) is 0 Å². The van der Waals surface area contributed by atoms with E-state index in [4.69, 9.17) is 5.73 Å². The second kappa shape index (κ2) is 10.3. The second-order valence-corrected chi connectivity index (χ2v) is 12.0. The average molecular weight is 562 g/mol. The molecule has 10 heteroatoms. The molecule has 6 atom stereocenters. The van der Waals surface area contributed by atoms with Gasteiger partial charge < -0.3 is 21.3 Å². The average Bonchev–Trinajstić information content (AvgIpc) is 2.89. The topological polar surface area (TPSA) is 167 Å². The minimum atomic E-state index is -2.73. The van der Waals surface area contributed by atoms with E-state index in [1.807, 2.05) is 24.3 Å². The van der Waals surface area contributed by atoms with Crippen LogP contribution in [-0.4, -0.2) is 75.9 Å². The zero-order chi connectivity index (χ0) is 30.0. The maximum atomic E-state index is 13.9. The number of ketones is 4. The predicted molar refractivity (Wildman–Crippen MR) is 149 cm³/mol. The van der Waals surface area contributed by atoms with Crippen LogP contribution in [0.2, 0.25) is 0 Å². The summed E-state index contributed by atoms with van der Waals surface area (Å²) < 4.78 is 0. The van der Waals surface area contributed by atoms with Crippen LogP contribution in [0.3, 0.4) is 0 Å². The van der Waals surface area contributed by atoms with E-state index in [1.165, 1.54) is 11.0 Å². The quantitative estimate of drug-likeness (QED) is 0.377. The van der Waals surface area contributed by atoms with Crippen LogP contribution in [0, 0.1) is 23.7 Å². The van der Waals surface area contributed by atoms with Crippen molar-refractivity contribution >= 4 is 29.0 Å². The lowest BCUT2D eigenvalue weighted by Gasteiger charge is -2.52.